The molecular formula is C9H9ClIN5. The second kappa shape index (κ2) is 4.62. The fourth-order valence-corrected chi connectivity index (χ4v) is 2.28. The number of halogens is 2. The van der Waals surface area contributed by atoms with Crippen molar-refractivity contribution >= 4 is 34.2 Å². The molecule has 0 radical (unpaired) electrons. The van der Waals surface area contributed by atoms with E-state index < -0.39 is 0 Å². The van der Waals surface area contributed by atoms with Gasteiger partial charge in [0.25, 0.3) is 0 Å². The second-order valence-electron chi connectivity index (χ2n) is 3.55. The van der Waals surface area contributed by atoms with Crippen LogP contribution in [0.3, 0.4) is 0 Å². The summed E-state index contributed by atoms with van der Waals surface area (Å²) >= 11 is 8.22. The van der Waals surface area contributed by atoms with E-state index in [0.717, 1.165) is 9.26 Å². The van der Waals surface area contributed by atoms with E-state index in [2.05, 4.69) is 61.8 Å². The monoisotopic (exact) mass is 349 g/mol. The highest BCUT2D eigenvalue weighted by atomic mass is 127. The van der Waals surface area contributed by atoms with Crippen LogP contribution in [0.5, 0.6) is 0 Å². The maximum atomic E-state index is 6.06. The molecule has 0 amide bonds. The summed E-state index contributed by atoms with van der Waals surface area (Å²) in [5.74, 6) is 0.793. The number of nitrogens with zero attached hydrogens (tertiary/aromatic N) is 4. The van der Waals surface area contributed by atoms with E-state index in [1.807, 2.05) is 0 Å². The minimum Gasteiger partial charge on any atom is -0.230 e. The highest BCUT2D eigenvalue weighted by molar-refractivity contribution is 14.1. The molecule has 0 aliphatic carbocycles. The molecule has 0 aliphatic heterocycles. The van der Waals surface area contributed by atoms with Gasteiger partial charge < -0.3 is 0 Å². The van der Waals surface area contributed by atoms with E-state index in [1.54, 1.807) is 6.20 Å². The molecule has 0 bridgehead atoms. The van der Waals surface area contributed by atoms with E-state index in [9.17, 15) is 0 Å². The van der Waals surface area contributed by atoms with Crippen LogP contribution in [0.2, 0.25) is 5.15 Å². The zero-order valence-corrected chi connectivity index (χ0v) is 11.6. The van der Waals surface area contributed by atoms with Crippen LogP contribution in [0.1, 0.15) is 25.5 Å². The van der Waals surface area contributed by atoms with Gasteiger partial charge in [-0.3, -0.25) is 0 Å². The van der Waals surface area contributed by atoms with Gasteiger partial charge in [0, 0.05) is 0 Å². The standard InChI is InChI=1S/C9H9ClIN5/c1-4(2)7-6(11)8(10)14-9(13-7)5-3-12-16-15-5/h3-4H,1-2H3,(H,12,15,16). The van der Waals surface area contributed by atoms with Crippen LogP contribution in [0.25, 0.3) is 11.5 Å². The summed E-state index contributed by atoms with van der Waals surface area (Å²) in [6.45, 7) is 4.13. The molecule has 16 heavy (non-hydrogen) atoms. The maximum Gasteiger partial charge on any atom is 0.183 e. The van der Waals surface area contributed by atoms with Crippen molar-refractivity contribution in [1.82, 2.24) is 25.4 Å². The number of H-pyrrole nitrogens is 1. The molecule has 0 saturated heterocycles. The summed E-state index contributed by atoms with van der Waals surface area (Å²) in [6, 6.07) is 0. The minimum atomic E-state index is 0.290. The first-order valence-electron chi connectivity index (χ1n) is 4.68. The number of hydrogen-bond acceptors (Lipinski definition) is 4. The average Bonchev–Trinajstić information content (AvgIpc) is 2.74. The molecule has 1 N–H and O–H groups in total. The van der Waals surface area contributed by atoms with Gasteiger partial charge in [0.1, 0.15) is 10.8 Å². The summed E-state index contributed by atoms with van der Waals surface area (Å²) in [5, 5.41) is 10.6. The van der Waals surface area contributed by atoms with Gasteiger partial charge in [0.05, 0.1) is 15.5 Å². The zero-order valence-electron chi connectivity index (χ0n) is 8.70. The molecule has 84 valence electrons. The van der Waals surface area contributed by atoms with E-state index in [4.69, 9.17) is 11.6 Å². The largest absolute Gasteiger partial charge is 0.230 e. The van der Waals surface area contributed by atoms with Gasteiger partial charge in [0.2, 0.25) is 0 Å². The van der Waals surface area contributed by atoms with Gasteiger partial charge in [0.15, 0.2) is 5.82 Å². The van der Waals surface area contributed by atoms with Crippen LogP contribution in [0.4, 0.5) is 0 Å². The van der Waals surface area contributed by atoms with Crippen molar-refractivity contribution in [2.75, 3.05) is 0 Å². The Balaban J connectivity index is 2.57. The number of aromatic amines is 1. The number of rotatable bonds is 2. The lowest BCUT2D eigenvalue weighted by atomic mass is 10.1. The van der Waals surface area contributed by atoms with Crippen LogP contribution < -0.4 is 0 Å². The van der Waals surface area contributed by atoms with Crippen molar-refractivity contribution in [3.8, 4) is 11.5 Å². The van der Waals surface area contributed by atoms with E-state index in [-0.39, 0.29) is 5.92 Å². The van der Waals surface area contributed by atoms with Crippen molar-refractivity contribution in [3.05, 3.63) is 20.6 Å². The third-order valence-corrected chi connectivity index (χ3v) is 3.68. The van der Waals surface area contributed by atoms with Crippen molar-refractivity contribution in [1.29, 1.82) is 0 Å². The van der Waals surface area contributed by atoms with Gasteiger partial charge in [-0.25, -0.2) is 9.97 Å². The molecule has 0 saturated carbocycles. The molecule has 2 aromatic rings. The Hall–Kier alpha value is -0.760. The quantitative estimate of drug-likeness (QED) is 0.668. The summed E-state index contributed by atoms with van der Waals surface area (Å²) in [6.07, 6.45) is 1.57. The van der Waals surface area contributed by atoms with Crippen LogP contribution >= 0.6 is 34.2 Å². The van der Waals surface area contributed by atoms with Gasteiger partial charge >= 0.3 is 0 Å². The molecule has 7 heteroatoms. The van der Waals surface area contributed by atoms with Crippen molar-refractivity contribution in [2.24, 2.45) is 0 Å². The molecule has 0 fully saturated rings. The van der Waals surface area contributed by atoms with Crippen molar-refractivity contribution in [2.45, 2.75) is 19.8 Å². The fourth-order valence-electron chi connectivity index (χ4n) is 1.24. The van der Waals surface area contributed by atoms with Gasteiger partial charge in [-0.1, -0.05) is 25.4 Å². The Morgan fingerprint density at radius 2 is 2.12 bits per heavy atom. The molecule has 0 unspecified atom stereocenters. The highest BCUT2D eigenvalue weighted by Gasteiger charge is 2.15. The molecule has 2 heterocycles. The molecule has 0 atom stereocenters. The Morgan fingerprint density at radius 1 is 1.38 bits per heavy atom. The summed E-state index contributed by atoms with van der Waals surface area (Å²) in [7, 11) is 0. The van der Waals surface area contributed by atoms with Gasteiger partial charge in [-0.15, -0.1) is 0 Å². The number of aromatic nitrogens is 5. The summed E-state index contributed by atoms with van der Waals surface area (Å²) in [4.78, 5) is 8.63. The van der Waals surface area contributed by atoms with Gasteiger partial charge in [-0.2, -0.15) is 15.4 Å². The van der Waals surface area contributed by atoms with Crippen LogP contribution in [0, 0.1) is 3.57 Å². The van der Waals surface area contributed by atoms with Crippen LogP contribution in [0.15, 0.2) is 6.20 Å². The predicted molar refractivity (Wildman–Crippen MR) is 69.2 cm³/mol. The average molecular weight is 350 g/mol. The maximum absolute atomic E-state index is 6.06. The summed E-state index contributed by atoms with van der Waals surface area (Å²) in [5.41, 5.74) is 1.53. The lowest BCUT2D eigenvalue weighted by molar-refractivity contribution is 0.807. The zero-order chi connectivity index (χ0) is 11.7. The fraction of sp³-hybridized carbons (Fsp3) is 0.333. The van der Waals surface area contributed by atoms with E-state index in [0.29, 0.717) is 16.7 Å². The van der Waals surface area contributed by atoms with E-state index >= 15 is 0 Å². The molecular weight excluding hydrogens is 340 g/mol. The molecule has 0 aliphatic rings. The molecule has 2 aromatic heterocycles. The topological polar surface area (TPSA) is 67.3 Å². The first-order chi connectivity index (χ1) is 7.59. The van der Waals surface area contributed by atoms with Crippen molar-refractivity contribution in [3.63, 3.8) is 0 Å². The van der Waals surface area contributed by atoms with Gasteiger partial charge in [-0.05, 0) is 28.5 Å². The molecule has 2 rings (SSSR count). The second-order valence-corrected chi connectivity index (χ2v) is 4.98. The third kappa shape index (κ3) is 2.17. The lowest BCUT2D eigenvalue weighted by Crippen LogP contribution is -2.02. The van der Waals surface area contributed by atoms with Crippen LogP contribution in [-0.4, -0.2) is 25.4 Å². The summed E-state index contributed by atoms with van der Waals surface area (Å²) < 4.78 is 0.890. The SMILES string of the molecule is CC(C)c1nc(-c2cn[nH]n2)nc(Cl)c1I. The van der Waals surface area contributed by atoms with E-state index in [1.165, 1.54) is 0 Å². The Bertz CT molecular complexity index is 497. The smallest absolute Gasteiger partial charge is 0.183 e. The minimum absolute atomic E-state index is 0.290. The first-order valence-corrected chi connectivity index (χ1v) is 6.14. The van der Waals surface area contributed by atoms with Crippen LogP contribution in [-0.2, 0) is 0 Å². The Morgan fingerprint density at radius 3 is 2.69 bits per heavy atom. The number of hydrogen-bond donors (Lipinski definition) is 1. The number of nitrogens with one attached hydrogen (secondary N) is 1. The Labute approximate surface area is 111 Å². The first kappa shape index (κ1) is 11.7. The normalized spacial score (nSPS) is 11.1. The molecule has 5 nitrogen and oxygen atoms in total. The lowest BCUT2D eigenvalue weighted by Gasteiger charge is -2.09. The molecule has 0 spiro atoms. The Kier molecular flexibility index (Phi) is 3.38. The third-order valence-electron chi connectivity index (χ3n) is 2.03. The molecule has 0 aromatic carbocycles. The van der Waals surface area contributed by atoms with Crippen molar-refractivity contribution < 1.29 is 0 Å². The predicted octanol–water partition coefficient (Wildman–Crippen LogP) is 2.64. The highest BCUT2D eigenvalue weighted by Crippen LogP contribution is 2.27.